The molecule has 1 unspecified atom stereocenters. The standard InChI is InChI=1S/C21H18O9/c1-29-11-5-3-4-8-13(11)19(26)15-14(16(8)23)17(24)9-6-21(28,20(27)30-2)7-10(22)12(9)18(15)25/h3-5,10,22,24-25,28H,6-7H2,1-2H3/t10?,21-/m0/s1. The zero-order chi connectivity index (χ0) is 22.0. The van der Waals surface area contributed by atoms with E-state index in [0.717, 1.165) is 7.11 Å². The Bertz CT molecular complexity index is 1130. The number of phenolic OH excluding ortho intramolecular Hbond substituents is 2. The Balaban J connectivity index is 2.01. The maximum Gasteiger partial charge on any atom is 0.338 e. The minimum atomic E-state index is -2.18. The second-order valence-electron chi connectivity index (χ2n) is 7.30. The van der Waals surface area contributed by atoms with Crippen LogP contribution in [0.5, 0.6) is 17.2 Å². The third-order valence-electron chi connectivity index (χ3n) is 5.66. The Morgan fingerprint density at radius 1 is 1.07 bits per heavy atom. The number of benzene rings is 2. The first kappa shape index (κ1) is 19.9. The van der Waals surface area contributed by atoms with Gasteiger partial charge in [-0.25, -0.2) is 4.79 Å². The predicted octanol–water partition coefficient (Wildman–Crippen LogP) is 0.765. The van der Waals surface area contributed by atoms with E-state index >= 15 is 0 Å². The molecule has 2 aromatic rings. The Morgan fingerprint density at radius 2 is 1.73 bits per heavy atom. The highest BCUT2D eigenvalue weighted by Gasteiger charge is 2.49. The molecule has 0 spiro atoms. The van der Waals surface area contributed by atoms with Gasteiger partial charge in [-0.2, -0.15) is 0 Å². The highest BCUT2D eigenvalue weighted by Crippen LogP contribution is 2.50. The number of phenols is 2. The highest BCUT2D eigenvalue weighted by atomic mass is 16.5. The smallest absolute Gasteiger partial charge is 0.338 e. The summed E-state index contributed by atoms with van der Waals surface area (Å²) in [5.41, 5.74) is -3.62. The van der Waals surface area contributed by atoms with E-state index in [4.69, 9.17) is 4.74 Å². The van der Waals surface area contributed by atoms with Crippen molar-refractivity contribution in [2.45, 2.75) is 24.5 Å². The van der Waals surface area contributed by atoms with Gasteiger partial charge in [0.05, 0.1) is 37.0 Å². The molecule has 0 amide bonds. The SMILES string of the molecule is COC(=O)[C@]1(O)Cc2c(O)c3c(c(O)c2C(O)C1)C(=O)c1c(OC)cccc1C3=O. The number of aromatic hydroxyl groups is 2. The van der Waals surface area contributed by atoms with E-state index in [2.05, 4.69) is 4.74 Å². The van der Waals surface area contributed by atoms with Crippen molar-refractivity contribution in [3.63, 3.8) is 0 Å². The topological polar surface area (TPSA) is 151 Å². The minimum Gasteiger partial charge on any atom is -0.507 e. The van der Waals surface area contributed by atoms with Crippen molar-refractivity contribution in [1.82, 2.24) is 0 Å². The molecule has 9 heteroatoms. The maximum atomic E-state index is 13.2. The first-order chi connectivity index (χ1) is 14.2. The van der Waals surface area contributed by atoms with E-state index in [9.17, 15) is 34.8 Å². The van der Waals surface area contributed by atoms with Crippen LogP contribution in [0.25, 0.3) is 0 Å². The van der Waals surface area contributed by atoms with Gasteiger partial charge in [0.2, 0.25) is 5.78 Å². The molecule has 2 aliphatic carbocycles. The molecule has 4 rings (SSSR count). The number of ether oxygens (including phenoxy) is 2. The molecule has 156 valence electrons. The van der Waals surface area contributed by atoms with E-state index in [1.807, 2.05) is 0 Å². The summed E-state index contributed by atoms with van der Waals surface area (Å²) in [6.45, 7) is 0. The normalized spacial score (nSPS) is 22.1. The molecular formula is C21H18O9. The van der Waals surface area contributed by atoms with Gasteiger partial charge in [-0.1, -0.05) is 12.1 Å². The van der Waals surface area contributed by atoms with Crippen LogP contribution >= 0.6 is 0 Å². The number of rotatable bonds is 2. The summed E-state index contributed by atoms with van der Waals surface area (Å²) < 4.78 is 9.74. The Kier molecular flexibility index (Phi) is 4.33. The zero-order valence-electron chi connectivity index (χ0n) is 16.1. The van der Waals surface area contributed by atoms with Gasteiger partial charge in [0.15, 0.2) is 11.4 Å². The average Bonchev–Trinajstić information content (AvgIpc) is 2.72. The average molecular weight is 414 g/mol. The first-order valence-electron chi connectivity index (χ1n) is 9.02. The third kappa shape index (κ3) is 2.45. The van der Waals surface area contributed by atoms with E-state index in [0.29, 0.717) is 0 Å². The van der Waals surface area contributed by atoms with Gasteiger partial charge < -0.3 is 29.9 Å². The van der Waals surface area contributed by atoms with Crippen molar-refractivity contribution in [3.8, 4) is 17.2 Å². The molecule has 2 aliphatic rings. The number of carbonyl (C=O) groups is 3. The molecule has 0 aromatic heterocycles. The van der Waals surface area contributed by atoms with E-state index < -0.39 is 64.7 Å². The number of aliphatic hydroxyl groups is 2. The van der Waals surface area contributed by atoms with Gasteiger partial charge in [-0.05, 0) is 6.07 Å². The van der Waals surface area contributed by atoms with Crippen LogP contribution in [0, 0.1) is 0 Å². The molecule has 0 aliphatic heterocycles. The predicted molar refractivity (Wildman–Crippen MR) is 99.9 cm³/mol. The van der Waals surface area contributed by atoms with Crippen molar-refractivity contribution in [2.75, 3.05) is 14.2 Å². The molecule has 0 bridgehead atoms. The van der Waals surface area contributed by atoms with Crippen molar-refractivity contribution in [1.29, 1.82) is 0 Å². The van der Waals surface area contributed by atoms with Crippen LogP contribution in [0.15, 0.2) is 18.2 Å². The number of esters is 1. The minimum absolute atomic E-state index is 0.0268. The summed E-state index contributed by atoms with van der Waals surface area (Å²) >= 11 is 0. The lowest BCUT2D eigenvalue weighted by Crippen LogP contribution is -2.46. The molecule has 2 atom stereocenters. The number of methoxy groups -OCH3 is 2. The van der Waals surface area contributed by atoms with Gasteiger partial charge in [-0.15, -0.1) is 0 Å². The summed E-state index contributed by atoms with van der Waals surface area (Å²) in [6.07, 6.45) is -2.65. The van der Waals surface area contributed by atoms with Gasteiger partial charge in [0.25, 0.3) is 0 Å². The largest absolute Gasteiger partial charge is 0.507 e. The number of hydrogen-bond donors (Lipinski definition) is 4. The molecular weight excluding hydrogens is 396 g/mol. The molecule has 0 saturated carbocycles. The number of ketones is 2. The third-order valence-corrected chi connectivity index (χ3v) is 5.66. The van der Waals surface area contributed by atoms with E-state index in [1.54, 1.807) is 0 Å². The lowest BCUT2D eigenvalue weighted by molar-refractivity contribution is -0.167. The summed E-state index contributed by atoms with van der Waals surface area (Å²) in [5, 5.41) is 42.9. The number of carbonyl (C=O) groups excluding carboxylic acids is 3. The van der Waals surface area contributed by atoms with Crippen LogP contribution in [0.4, 0.5) is 0 Å². The molecule has 0 saturated heterocycles. The lowest BCUT2D eigenvalue weighted by atomic mass is 9.73. The molecule has 0 fully saturated rings. The molecule has 0 heterocycles. The first-order valence-corrected chi connectivity index (χ1v) is 9.02. The fourth-order valence-corrected chi connectivity index (χ4v) is 4.29. The molecule has 0 radical (unpaired) electrons. The highest BCUT2D eigenvalue weighted by molar-refractivity contribution is 6.31. The van der Waals surface area contributed by atoms with Gasteiger partial charge in [-0.3, -0.25) is 9.59 Å². The Morgan fingerprint density at radius 3 is 2.37 bits per heavy atom. The second kappa shape index (κ2) is 6.54. The van der Waals surface area contributed by atoms with Crippen molar-refractivity contribution >= 4 is 17.5 Å². The monoisotopic (exact) mass is 414 g/mol. The molecule has 9 nitrogen and oxygen atoms in total. The van der Waals surface area contributed by atoms with Crippen LogP contribution in [-0.4, -0.2) is 57.8 Å². The van der Waals surface area contributed by atoms with Crippen LogP contribution in [0.3, 0.4) is 0 Å². The van der Waals surface area contributed by atoms with E-state index in [1.165, 1.54) is 25.3 Å². The molecule has 4 N–H and O–H groups in total. The van der Waals surface area contributed by atoms with Crippen LogP contribution in [0.2, 0.25) is 0 Å². The number of hydrogen-bond acceptors (Lipinski definition) is 9. The summed E-state index contributed by atoms with van der Waals surface area (Å²) in [7, 11) is 2.38. The van der Waals surface area contributed by atoms with Crippen molar-refractivity contribution in [3.05, 3.63) is 51.6 Å². The van der Waals surface area contributed by atoms with Gasteiger partial charge in [0, 0.05) is 29.5 Å². The molecule has 2 aromatic carbocycles. The zero-order valence-corrected chi connectivity index (χ0v) is 16.1. The lowest BCUT2D eigenvalue weighted by Gasteiger charge is -2.36. The fourth-order valence-electron chi connectivity index (χ4n) is 4.29. The fraction of sp³-hybridized carbons (Fsp3) is 0.286. The Hall–Kier alpha value is -3.43. The summed E-state index contributed by atoms with van der Waals surface area (Å²) in [5.74, 6) is -3.79. The van der Waals surface area contributed by atoms with Gasteiger partial charge >= 0.3 is 5.97 Å². The maximum absolute atomic E-state index is 13.2. The second-order valence-corrected chi connectivity index (χ2v) is 7.30. The van der Waals surface area contributed by atoms with Crippen LogP contribution < -0.4 is 4.74 Å². The van der Waals surface area contributed by atoms with Crippen LogP contribution in [-0.2, 0) is 16.0 Å². The number of aliphatic hydroxyl groups excluding tert-OH is 1. The number of fused-ring (bicyclic) bond motifs is 3. The van der Waals surface area contributed by atoms with Crippen molar-refractivity contribution in [2.24, 2.45) is 0 Å². The van der Waals surface area contributed by atoms with Crippen molar-refractivity contribution < 1.29 is 44.3 Å². The summed E-state index contributed by atoms with van der Waals surface area (Å²) in [6, 6.07) is 4.37. The summed E-state index contributed by atoms with van der Waals surface area (Å²) in [4.78, 5) is 38.3. The Labute approximate surface area is 170 Å². The quantitative estimate of drug-likeness (QED) is 0.352. The molecule has 30 heavy (non-hydrogen) atoms. The van der Waals surface area contributed by atoms with Crippen LogP contribution in [0.1, 0.15) is 55.5 Å². The van der Waals surface area contributed by atoms with E-state index in [-0.39, 0.29) is 28.0 Å². The van der Waals surface area contributed by atoms with Gasteiger partial charge in [0.1, 0.15) is 17.2 Å².